The molecule has 5 rings (SSSR count). The quantitative estimate of drug-likeness (QED) is 0.422. The number of anilines is 2. The summed E-state index contributed by atoms with van der Waals surface area (Å²) < 4.78 is 0. The molecule has 0 radical (unpaired) electrons. The van der Waals surface area contributed by atoms with Crippen LogP contribution in [0.15, 0.2) is 77.8 Å². The molecule has 1 saturated carbocycles. The summed E-state index contributed by atoms with van der Waals surface area (Å²) in [5.74, 6) is 0.199. The van der Waals surface area contributed by atoms with Gasteiger partial charge in [0.1, 0.15) is 5.78 Å². The minimum atomic E-state index is -0.257. The zero-order valence-corrected chi connectivity index (χ0v) is 21.0. The summed E-state index contributed by atoms with van der Waals surface area (Å²) in [6, 6.07) is 25.5. The molecule has 4 heteroatoms. The molecule has 0 aromatic heterocycles. The highest BCUT2D eigenvalue weighted by Gasteiger charge is 2.41. The molecule has 3 unspecified atom stereocenters. The summed E-state index contributed by atoms with van der Waals surface area (Å²) in [5.41, 5.74) is 7.82. The predicted molar refractivity (Wildman–Crippen MR) is 146 cm³/mol. The van der Waals surface area contributed by atoms with Gasteiger partial charge >= 0.3 is 0 Å². The van der Waals surface area contributed by atoms with Crippen LogP contribution in [-0.4, -0.2) is 24.6 Å². The van der Waals surface area contributed by atoms with Gasteiger partial charge in [-0.3, -0.25) is 9.79 Å². The highest BCUT2D eigenvalue weighted by molar-refractivity contribution is 6.10. The molecule has 2 aliphatic rings. The lowest BCUT2D eigenvalue weighted by Crippen LogP contribution is -2.38. The van der Waals surface area contributed by atoms with Crippen LogP contribution in [-0.2, 0) is 11.2 Å². The van der Waals surface area contributed by atoms with Gasteiger partial charge in [0.05, 0.1) is 23.3 Å². The van der Waals surface area contributed by atoms with E-state index >= 15 is 0 Å². The standard InChI is InChI=1S/C31H35N3O/c1-4-21-11-13-22(14-12-21)24-19-28-30(29(35)20-24)31(33-27-10-8-7-9-26(27)32-28)23-15-17-25(18-16-23)34(5-2)6-3/h7-18,24,30-31,33H,4-6,19-20H2,1-3H3. The van der Waals surface area contributed by atoms with Crippen molar-refractivity contribution in [3.8, 4) is 0 Å². The second-order valence-electron chi connectivity index (χ2n) is 9.65. The third kappa shape index (κ3) is 4.62. The number of nitrogens with zero attached hydrogens (tertiary/aromatic N) is 2. The molecule has 0 saturated heterocycles. The van der Waals surface area contributed by atoms with Crippen LogP contribution in [0.25, 0.3) is 0 Å². The smallest absolute Gasteiger partial charge is 0.144 e. The fraction of sp³-hybridized carbons (Fsp3) is 0.355. The minimum Gasteiger partial charge on any atom is -0.375 e. The molecular weight excluding hydrogens is 430 g/mol. The molecule has 35 heavy (non-hydrogen) atoms. The van der Waals surface area contributed by atoms with Gasteiger partial charge in [0.25, 0.3) is 0 Å². The monoisotopic (exact) mass is 465 g/mol. The normalized spacial score (nSPS) is 21.3. The maximum absolute atomic E-state index is 13.8. The van der Waals surface area contributed by atoms with Crippen molar-refractivity contribution >= 4 is 28.6 Å². The number of hydrogen-bond donors (Lipinski definition) is 1. The first kappa shape index (κ1) is 23.3. The largest absolute Gasteiger partial charge is 0.375 e. The van der Waals surface area contributed by atoms with E-state index in [-0.39, 0.29) is 23.7 Å². The summed E-state index contributed by atoms with van der Waals surface area (Å²) in [5, 5.41) is 3.70. The molecule has 0 amide bonds. The molecule has 1 aliphatic carbocycles. The molecular formula is C31H35N3O. The molecule has 0 spiro atoms. The summed E-state index contributed by atoms with van der Waals surface area (Å²) in [6.07, 6.45) is 2.39. The number of aryl methyl sites for hydroxylation is 1. The molecule has 1 aliphatic heterocycles. The third-order valence-corrected chi connectivity index (χ3v) is 7.66. The lowest BCUT2D eigenvalue weighted by molar-refractivity contribution is -0.122. The Morgan fingerprint density at radius 3 is 2.23 bits per heavy atom. The number of fused-ring (bicyclic) bond motifs is 2. The van der Waals surface area contributed by atoms with Crippen molar-refractivity contribution < 1.29 is 4.79 Å². The van der Waals surface area contributed by atoms with Gasteiger partial charge in [-0.15, -0.1) is 0 Å². The number of ketones is 1. The van der Waals surface area contributed by atoms with Gasteiger partial charge in [-0.2, -0.15) is 0 Å². The van der Waals surface area contributed by atoms with E-state index in [1.165, 1.54) is 16.8 Å². The first-order valence-electron chi connectivity index (χ1n) is 13.0. The van der Waals surface area contributed by atoms with E-state index in [1.54, 1.807) is 0 Å². The van der Waals surface area contributed by atoms with E-state index in [2.05, 4.69) is 85.6 Å². The average Bonchev–Trinajstić information content (AvgIpc) is 3.07. The van der Waals surface area contributed by atoms with Crippen LogP contribution in [0.3, 0.4) is 0 Å². The third-order valence-electron chi connectivity index (χ3n) is 7.66. The second kappa shape index (κ2) is 10.1. The van der Waals surface area contributed by atoms with Crippen molar-refractivity contribution in [3.63, 3.8) is 0 Å². The van der Waals surface area contributed by atoms with Gasteiger partial charge in [0.2, 0.25) is 0 Å². The van der Waals surface area contributed by atoms with Gasteiger partial charge in [0.15, 0.2) is 0 Å². The van der Waals surface area contributed by atoms with E-state index in [1.807, 2.05) is 18.2 Å². The van der Waals surface area contributed by atoms with Crippen molar-refractivity contribution in [2.24, 2.45) is 10.9 Å². The number of nitrogens with one attached hydrogen (secondary N) is 1. The van der Waals surface area contributed by atoms with Crippen LogP contribution in [0.1, 0.15) is 62.3 Å². The summed E-state index contributed by atoms with van der Waals surface area (Å²) in [7, 11) is 0. The van der Waals surface area contributed by atoms with Crippen molar-refractivity contribution in [1.82, 2.24) is 0 Å². The van der Waals surface area contributed by atoms with E-state index in [0.29, 0.717) is 6.42 Å². The molecule has 0 bridgehead atoms. The SMILES string of the molecule is CCc1ccc(C2CC(=O)C3C(=Nc4ccccc4NC3c3ccc(N(CC)CC)cc3)C2)cc1. The Morgan fingerprint density at radius 1 is 0.857 bits per heavy atom. The fourth-order valence-electron chi connectivity index (χ4n) is 5.62. The van der Waals surface area contributed by atoms with Gasteiger partial charge in [-0.05, 0) is 73.6 Å². The molecule has 1 fully saturated rings. The first-order valence-corrected chi connectivity index (χ1v) is 13.0. The van der Waals surface area contributed by atoms with Crippen LogP contribution >= 0.6 is 0 Å². The lowest BCUT2D eigenvalue weighted by Gasteiger charge is -2.34. The maximum Gasteiger partial charge on any atom is 0.144 e. The van der Waals surface area contributed by atoms with Crippen molar-refractivity contribution in [1.29, 1.82) is 0 Å². The summed E-state index contributed by atoms with van der Waals surface area (Å²) >= 11 is 0. The first-order chi connectivity index (χ1) is 17.1. The number of Topliss-reactive ketones (excluding diaryl/α,β-unsaturated/α-hetero) is 1. The summed E-state index contributed by atoms with van der Waals surface area (Å²) in [4.78, 5) is 21.2. The Hall–Kier alpha value is -3.40. The van der Waals surface area contributed by atoms with E-state index < -0.39 is 0 Å². The fourth-order valence-corrected chi connectivity index (χ4v) is 5.62. The number of carbonyl (C=O) groups excluding carboxylic acids is 1. The Morgan fingerprint density at radius 2 is 1.54 bits per heavy atom. The number of hydrogen-bond acceptors (Lipinski definition) is 4. The average molecular weight is 466 g/mol. The second-order valence-corrected chi connectivity index (χ2v) is 9.65. The maximum atomic E-state index is 13.8. The Balaban J connectivity index is 1.51. The molecule has 1 N–H and O–H groups in total. The van der Waals surface area contributed by atoms with Crippen LogP contribution in [0, 0.1) is 5.92 Å². The summed E-state index contributed by atoms with van der Waals surface area (Å²) in [6.45, 7) is 8.48. The number of carbonyl (C=O) groups is 1. The molecule has 3 atom stereocenters. The Bertz CT molecular complexity index is 1210. The van der Waals surface area contributed by atoms with E-state index in [0.717, 1.165) is 48.6 Å². The number of rotatable bonds is 6. The number of para-hydroxylation sites is 2. The van der Waals surface area contributed by atoms with Crippen molar-refractivity contribution in [2.75, 3.05) is 23.3 Å². The minimum absolute atomic E-state index is 0.126. The lowest BCUT2D eigenvalue weighted by atomic mass is 9.72. The van der Waals surface area contributed by atoms with Crippen LogP contribution in [0.5, 0.6) is 0 Å². The van der Waals surface area contributed by atoms with Crippen molar-refractivity contribution in [2.45, 2.75) is 52.0 Å². The van der Waals surface area contributed by atoms with Gasteiger partial charge in [-0.25, -0.2) is 0 Å². The molecule has 180 valence electrons. The zero-order chi connectivity index (χ0) is 24.4. The van der Waals surface area contributed by atoms with Crippen LogP contribution in [0.4, 0.5) is 17.1 Å². The van der Waals surface area contributed by atoms with E-state index in [4.69, 9.17) is 4.99 Å². The van der Waals surface area contributed by atoms with Crippen LogP contribution < -0.4 is 10.2 Å². The number of aliphatic imine (C=N–C) groups is 1. The zero-order valence-electron chi connectivity index (χ0n) is 21.0. The predicted octanol–water partition coefficient (Wildman–Crippen LogP) is 7.10. The Labute approximate surface area is 209 Å². The highest BCUT2D eigenvalue weighted by atomic mass is 16.1. The topological polar surface area (TPSA) is 44.7 Å². The molecule has 1 heterocycles. The Kier molecular flexibility index (Phi) is 6.72. The van der Waals surface area contributed by atoms with Gasteiger partial charge in [-0.1, -0.05) is 55.5 Å². The number of benzene rings is 3. The van der Waals surface area contributed by atoms with Crippen molar-refractivity contribution in [3.05, 3.63) is 89.5 Å². The van der Waals surface area contributed by atoms with Crippen LogP contribution in [0.2, 0.25) is 0 Å². The van der Waals surface area contributed by atoms with Gasteiger partial charge < -0.3 is 10.2 Å². The van der Waals surface area contributed by atoms with Gasteiger partial charge in [0, 0.05) is 30.9 Å². The van der Waals surface area contributed by atoms with E-state index in [9.17, 15) is 4.79 Å². The molecule has 4 nitrogen and oxygen atoms in total. The molecule has 3 aromatic carbocycles. The molecule has 3 aromatic rings. The highest BCUT2D eigenvalue weighted by Crippen LogP contribution is 2.44.